The van der Waals surface area contributed by atoms with Crippen LogP contribution in [0.15, 0.2) is 36.4 Å². The van der Waals surface area contributed by atoms with Crippen LogP contribution in [0.4, 0.5) is 0 Å². The molecule has 0 fully saturated rings. The van der Waals surface area contributed by atoms with Gasteiger partial charge in [0.1, 0.15) is 0 Å². The van der Waals surface area contributed by atoms with Gasteiger partial charge in [-0.2, -0.15) is 0 Å². The maximum atomic E-state index is 6.36. The van der Waals surface area contributed by atoms with E-state index in [0.717, 1.165) is 39.7 Å². The molecule has 0 saturated heterocycles. The Bertz CT molecular complexity index is 837. The molecule has 1 atom stereocenters. The molecule has 1 unspecified atom stereocenters. The van der Waals surface area contributed by atoms with Crippen molar-refractivity contribution in [1.82, 2.24) is 4.98 Å². The summed E-state index contributed by atoms with van der Waals surface area (Å²) in [6.45, 7) is 0. The molecule has 3 N–H and O–H groups in total. The Labute approximate surface area is 145 Å². The van der Waals surface area contributed by atoms with Crippen LogP contribution in [-0.4, -0.2) is 4.98 Å². The Morgan fingerprint density at radius 3 is 2.50 bits per heavy atom. The van der Waals surface area contributed by atoms with Crippen LogP contribution < -0.4 is 5.73 Å². The van der Waals surface area contributed by atoms with Crippen molar-refractivity contribution in [3.63, 3.8) is 0 Å². The van der Waals surface area contributed by atoms with E-state index < -0.39 is 0 Å². The van der Waals surface area contributed by atoms with E-state index in [9.17, 15) is 0 Å². The van der Waals surface area contributed by atoms with Crippen LogP contribution >= 0.6 is 35.6 Å². The molecule has 1 heterocycles. The highest BCUT2D eigenvalue weighted by atomic mass is 35.5. The van der Waals surface area contributed by atoms with Crippen molar-refractivity contribution in [3.05, 3.63) is 57.6 Å². The fourth-order valence-electron chi connectivity index (χ4n) is 3.24. The lowest BCUT2D eigenvalue weighted by Crippen LogP contribution is -2.15. The van der Waals surface area contributed by atoms with Gasteiger partial charge in [-0.3, -0.25) is 0 Å². The van der Waals surface area contributed by atoms with E-state index in [1.54, 1.807) is 0 Å². The third kappa shape index (κ3) is 2.31. The normalized spacial score (nSPS) is 16.6. The second-order valence-electron chi connectivity index (χ2n) is 5.52. The Hall–Kier alpha value is -1.19. The SMILES string of the molecule is Cl.NC1CCc2c(-c3ccc(Cl)cc3)[nH]c3c(Cl)ccc1c23. The minimum atomic E-state index is 0. The predicted molar refractivity (Wildman–Crippen MR) is 96.3 cm³/mol. The molecule has 0 aliphatic heterocycles. The lowest BCUT2D eigenvalue weighted by molar-refractivity contribution is 0.644. The highest BCUT2D eigenvalue weighted by molar-refractivity contribution is 6.35. The highest BCUT2D eigenvalue weighted by Crippen LogP contribution is 2.42. The summed E-state index contributed by atoms with van der Waals surface area (Å²) in [5, 5.41) is 2.68. The molecular formula is C17H15Cl3N2. The predicted octanol–water partition coefficient (Wildman–Crippen LogP) is 5.51. The zero-order chi connectivity index (χ0) is 14.6. The number of aromatic nitrogens is 1. The van der Waals surface area contributed by atoms with Crippen molar-refractivity contribution in [2.45, 2.75) is 18.9 Å². The first-order valence-corrected chi connectivity index (χ1v) is 7.75. The van der Waals surface area contributed by atoms with Crippen LogP contribution in [-0.2, 0) is 6.42 Å². The number of benzene rings is 2. The Balaban J connectivity index is 0.00000144. The van der Waals surface area contributed by atoms with Gasteiger partial charge in [-0.25, -0.2) is 0 Å². The third-order valence-corrected chi connectivity index (χ3v) is 4.84. The van der Waals surface area contributed by atoms with Crippen LogP contribution in [0.1, 0.15) is 23.6 Å². The summed E-state index contributed by atoms with van der Waals surface area (Å²) in [4.78, 5) is 3.49. The van der Waals surface area contributed by atoms with Crippen molar-refractivity contribution in [2.24, 2.45) is 5.73 Å². The number of halogens is 3. The zero-order valence-corrected chi connectivity index (χ0v) is 14.0. The smallest absolute Gasteiger partial charge is 0.0654 e. The summed E-state index contributed by atoms with van der Waals surface area (Å²) < 4.78 is 0. The van der Waals surface area contributed by atoms with Crippen LogP contribution in [0.2, 0.25) is 10.0 Å². The molecule has 4 rings (SSSR count). The molecule has 1 aliphatic carbocycles. The monoisotopic (exact) mass is 352 g/mol. The fraction of sp³-hybridized carbons (Fsp3) is 0.176. The molecule has 2 aromatic carbocycles. The van der Waals surface area contributed by atoms with Gasteiger partial charge in [0.25, 0.3) is 0 Å². The molecular weight excluding hydrogens is 339 g/mol. The average Bonchev–Trinajstić information content (AvgIpc) is 2.87. The maximum absolute atomic E-state index is 6.36. The first-order chi connectivity index (χ1) is 10.1. The lowest BCUT2D eigenvalue weighted by Gasteiger charge is -2.20. The number of H-pyrrole nitrogens is 1. The summed E-state index contributed by atoms with van der Waals surface area (Å²) in [5.74, 6) is 0. The molecule has 1 aromatic heterocycles. The van der Waals surface area contributed by atoms with Crippen LogP contribution in [0.25, 0.3) is 22.2 Å². The van der Waals surface area contributed by atoms with Gasteiger partial charge in [-0.05, 0) is 47.7 Å². The third-order valence-electron chi connectivity index (χ3n) is 4.28. The van der Waals surface area contributed by atoms with Gasteiger partial charge in [-0.15, -0.1) is 12.4 Å². The van der Waals surface area contributed by atoms with Crippen LogP contribution in [0.3, 0.4) is 0 Å². The van der Waals surface area contributed by atoms with E-state index in [1.807, 2.05) is 30.3 Å². The number of nitrogens with two attached hydrogens (primary N) is 1. The first-order valence-electron chi connectivity index (χ1n) is 6.99. The van der Waals surface area contributed by atoms with Gasteiger partial charge in [0.15, 0.2) is 0 Å². The zero-order valence-electron chi connectivity index (χ0n) is 11.7. The molecule has 2 nitrogen and oxygen atoms in total. The van der Waals surface area contributed by atoms with Crippen LogP contribution in [0, 0.1) is 0 Å². The molecule has 0 saturated carbocycles. The van der Waals surface area contributed by atoms with Crippen LogP contribution in [0.5, 0.6) is 0 Å². The molecule has 5 heteroatoms. The number of hydrogen-bond acceptors (Lipinski definition) is 1. The average molecular weight is 354 g/mol. The van der Waals surface area contributed by atoms with Crippen molar-refractivity contribution >= 4 is 46.5 Å². The quantitative estimate of drug-likeness (QED) is 0.595. The molecule has 114 valence electrons. The highest BCUT2D eigenvalue weighted by Gasteiger charge is 2.24. The fourth-order valence-corrected chi connectivity index (χ4v) is 3.57. The van der Waals surface area contributed by atoms with E-state index in [2.05, 4.69) is 11.1 Å². The van der Waals surface area contributed by atoms with E-state index in [0.29, 0.717) is 0 Å². The van der Waals surface area contributed by atoms with E-state index in [1.165, 1.54) is 16.5 Å². The number of aromatic amines is 1. The maximum Gasteiger partial charge on any atom is 0.0654 e. The van der Waals surface area contributed by atoms with Gasteiger partial charge in [0.2, 0.25) is 0 Å². The second-order valence-corrected chi connectivity index (χ2v) is 6.36. The summed E-state index contributed by atoms with van der Waals surface area (Å²) in [6, 6.07) is 12.0. The van der Waals surface area contributed by atoms with Gasteiger partial charge in [0.05, 0.1) is 10.5 Å². The van der Waals surface area contributed by atoms with Gasteiger partial charge >= 0.3 is 0 Å². The molecule has 1 aliphatic rings. The molecule has 0 amide bonds. The number of hydrogen-bond donors (Lipinski definition) is 2. The molecule has 22 heavy (non-hydrogen) atoms. The van der Waals surface area contributed by atoms with E-state index >= 15 is 0 Å². The number of aryl methyl sites for hydroxylation is 1. The van der Waals surface area contributed by atoms with E-state index in [-0.39, 0.29) is 18.4 Å². The van der Waals surface area contributed by atoms with Gasteiger partial charge in [0, 0.05) is 22.1 Å². The van der Waals surface area contributed by atoms with Crippen molar-refractivity contribution in [1.29, 1.82) is 0 Å². The number of rotatable bonds is 1. The van der Waals surface area contributed by atoms with Gasteiger partial charge < -0.3 is 10.7 Å². The first kappa shape index (κ1) is 15.7. The minimum absolute atomic E-state index is 0. The molecule has 0 spiro atoms. The minimum Gasteiger partial charge on any atom is -0.353 e. The summed E-state index contributed by atoms with van der Waals surface area (Å²) in [6.07, 6.45) is 1.93. The Kier molecular flexibility index (Phi) is 4.13. The van der Waals surface area contributed by atoms with E-state index in [4.69, 9.17) is 28.9 Å². The standard InChI is InChI=1S/C17H14Cl2N2.ClH/c18-10-3-1-9(2-4-10)16-12-6-8-14(20)11-5-7-13(19)17(21-16)15(11)12;/h1-5,7,14,21H,6,8,20H2;1H. The topological polar surface area (TPSA) is 41.8 Å². The van der Waals surface area contributed by atoms with Crippen molar-refractivity contribution in [2.75, 3.05) is 0 Å². The second kappa shape index (κ2) is 5.78. The Morgan fingerprint density at radius 2 is 1.77 bits per heavy atom. The molecule has 3 aromatic rings. The van der Waals surface area contributed by atoms with Gasteiger partial charge in [-0.1, -0.05) is 41.4 Å². The molecule has 0 radical (unpaired) electrons. The Morgan fingerprint density at radius 1 is 1.05 bits per heavy atom. The lowest BCUT2D eigenvalue weighted by atomic mass is 9.87. The van der Waals surface area contributed by atoms with Crippen molar-refractivity contribution in [3.8, 4) is 11.3 Å². The summed E-state index contributed by atoms with van der Waals surface area (Å²) in [7, 11) is 0. The van der Waals surface area contributed by atoms with Crippen molar-refractivity contribution < 1.29 is 0 Å². The summed E-state index contributed by atoms with van der Waals surface area (Å²) >= 11 is 12.3. The molecule has 0 bridgehead atoms. The largest absolute Gasteiger partial charge is 0.353 e. The summed E-state index contributed by atoms with van der Waals surface area (Å²) in [5.41, 5.74) is 12.0. The number of nitrogens with one attached hydrogen (secondary N) is 1.